The summed E-state index contributed by atoms with van der Waals surface area (Å²) in [6.07, 6.45) is 0. The molecule has 4 nitrogen and oxygen atoms in total. The molecule has 0 saturated carbocycles. The van der Waals surface area contributed by atoms with Crippen LogP contribution in [0.3, 0.4) is 0 Å². The van der Waals surface area contributed by atoms with Crippen molar-refractivity contribution in [1.82, 2.24) is 4.83 Å². The number of rotatable bonds is 5. The van der Waals surface area contributed by atoms with E-state index < -0.39 is 10.0 Å². The highest BCUT2D eigenvalue weighted by atomic mass is 35.5. The molecule has 3 rings (SSSR count). The van der Waals surface area contributed by atoms with E-state index in [1.165, 1.54) is 17.1 Å². The number of benzene rings is 3. The van der Waals surface area contributed by atoms with Gasteiger partial charge in [0.05, 0.1) is 16.3 Å². The van der Waals surface area contributed by atoms with Crippen LogP contribution in [-0.4, -0.2) is 8.42 Å². The third-order valence-corrected chi connectivity index (χ3v) is 4.93. The molecule has 6 heteroatoms. The molecule has 24 heavy (non-hydrogen) atoms. The Labute approximate surface area is 146 Å². The molecular formula is C18H15ClN2O2S. The van der Waals surface area contributed by atoms with Crippen LogP contribution in [0.1, 0.15) is 0 Å². The Bertz CT molecular complexity index is 859. The van der Waals surface area contributed by atoms with Gasteiger partial charge in [-0.05, 0) is 48.5 Å². The van der Waals surface area contributed by atoms with E-state index >= 15 is 0 Å². The Hall–Kier alpha value is -2.34. The Balaban J connectivity index is 1.99. The molecule has 0 spiro atoms. The average Bonchev–Trinajstić information content (AvgIpc) is 2.62. The van der Waals surface area contributed by atoms with Gasteiger partial charge in [-0.25, -0.2) is 8.42 Å². The molecule has 0 aliphatic heterocycles. The van der Waals surface area contributed by atoms with Crippen LogP contribution in [0.2, 0.25) is 5.02 Å². The van der Waals surface area contributed by atoms with Crippen molar-refractivity contribution >= 4 is 33.0 Å². The molecule has 0 unspecified atom stereocenters. The van der Waals surface area contributed by atoms with Crippen molar-refractivity contribution in [2.24, 2.45) is 0 Å². The van der Waals surface area contributed by atoms with Crippen molar-refractivity contribution < 1.29 is 8.42 Å². The van der Waals surface area contributed by atoms with Gasteiger partial charge in [0.2, 0.25) is 0 Å². The number of hydrogen-bond acceptors (Lipinski definition) is 3. The summed E-state index contributed by atoms with van der Waals surface area (Å²) >= 11 is 5.83. The van der Waals surface area contributed by atoms with Gasteiger partial charge >= 0.3 is 0 Å². The van der Waals surface area contributed by atoms with E-state index in [0.29, 0.717) is 16.4 Å². The second-order valence-electron chi connectivity index (χ2n) is 5.06. The van der Waals surface area contributed by atoms with Crippen molar-refractivity contribution in [1.29, 1.82) is 0 Å². The number of hydrogen-bond donors (Lipinski definition) is 1. The second-order valence-corrected chi connectivity index (χ2v) is 7.15. The van der Waals surface area contributed by atoms with E-state index in [2.05, 4.69) is 4.83 Å². The lowest BCUT2D eigenvalue weighted by Gasteiger charge is -2.25. The standard InChI is InChI=1S/C18H15ClN2O2S/c19-15-11-13-18(14-12-15)24(22,23)20-21(16-7-3-1-4-8-16)17-9-5-2-6-10-17/h1-14,20H. The van der Waals surface area contributed by atoms with E-state index in [0.717, 1.165) is 0 Å². The first-order chi connectivity index (χ1) is 11.6. The molecule has 122 valence electrons. The van der Waals surface area contributed by atoms with Crippen molar-refractivity contribution in [3.05, 3.63) is 90.0 Å². The summed E-state index contributed by atoms with van der Waals surface area (Å²) in [7, 11) is -3.76. The normalized spacial score (nSPS) is 11.2. The average molecular weight is 359 g/mol. The molecule has 0 aliphatic rings. The lowest BCUT2D eigenvalue weighted by Crippen LogP contribution is -2.38. The molecule has 0 heterocycles. The summed E-state index contributed by atoms with van der Waals surface area (Å²) in [5.74, 6) is 0. The maximum atomic E-state index is 12.7. The van der Waals surface area contributed by atoms with Gasteiger partial charge in [-0.3, -0.25) is 5.01 Å². The predicted molar refractivity (Wildman–Crippen MR) is 96.8 cm³/mol. The molecule has 3 aromatic rings. The SMILES string of the molecule is O=S(=O)(NN(c1ccccc1)c1ccccc1)c1ccc(Cl)cc1. The van der Waals surface area contributed by atoms with Crippen LogP contribution >= 0.6 is 11.6 Å². The number of sulfonamides is 1. The molecule has 0 radical (unpaired) electrons. The van der Waals surface area contributed by atoms with Crippen LogP contribution < -0.4 is 9.84 Å². The van der Waals surface area contributed by atoms with Crippen molar-refractivity contribution in [2.45, 2.75) is 4.90 Å². The number of para-hydroxylation sites is 2. The maximum Gasteiger partial charge on any atom is 0.257 e. The van der Waals surface area contributed by atoms with Crippen LogP contribution in [0.4, 0.5) is 11.4 Å². The summed E-state index contributed by atoms with van der Waals surface area (Å²) in [5, 5.41) is 2.01. The molecule has 0 aliphatic carbocycles. The van der Waals surface area contributed by atoms with Gasteiger partial charge in [-0.2, -0.15) is 0 Å². The Kier molecular flexibility index (Phi) is 4.85. The zero-order valence-corrected chi connectivity index (χ0v) is 14.2. The fourth-order valence-corrected chi connectivity index (χ4v) is 3.37. The molecule has 0 fully saturated rings. The third kappa shape index (κ3) is 3.76. The lowest BCUT2D eigenvalue weighted by molar-refractivity contribution is 0.582. The first-order valence-corrected chi connectivity index (χ1v) is 9.11. The lowest BCUT2D eigenvalue weighted by atomic mass is 10.2. The summed E-state index contributed by atoms with van der Waals surface area (Å²) in [5.41, 5.74) is 1.42. The Morgan fingerprint density at radius 2 is 1.17 bits per heavy atom. The number of nitrogens with zero attached hydrogens (tertiary/aromatic N) is 1. The Morgan fingerprint density at radius 1 is 0.708 bits per heavy atom. The zero-order valence-electron chi connectivity index (χ0n) is 12.6. The van der Waals surface area contributed by atoms with Crippen LogP contribution in [-0.2, 0) is 10.0 Å². The smallest absolute Gasteiger partial charge is 0.257 e. The van der Waals surface area contributed by atoms with Crippen molar-refractivity contribution in [3.8, 4) is 0 Å². The van der Waals surface area contributed by atoms with Crippen LogP contribution in [0.5, 0.6) is 0 Å². The number of anilines is 2. The van der Waals surface area contributed by atoms with E-state index in [-0.39, 0.29) is 4.90 Å². The number of halogens is 1. The van der Waals surface area contributed by atoms with Crippen LogP contribution in [0.25, 0.3) is 0 Å². The minimum absolute atomic E-state index is 0.142. The van der Waals surface area contributed by atoms with Gasteiger partial charge in [0, 0.05) is 5.02 Å². The topological polar surface area (TPSA) is 49.4 Å². The van der Waals surface area contributed by atoms with E-state index in [9.17, 15) is 8.42 Å². The fourth-order valence-electron chi connectivity index (χ4n) is 2.20. The molecule has 0 amide bonds. The van der Waals surface area contributed by atoms with Crippen LogP contribution in [0.15, 0.2) is 89.8 Å². The molecule has 3 aromatic carbocycles. The molecule has 0 bridgehead atoms. The quantitative estimate of drug-likeness (QED) is 0.689. The van der Waals surface area contributed by atoms with Crippen molar-refractivity contribution in [3.63, 3.8) is 0 Å². The minimum atomic E-state index is -3.76. The molecule has 0 aromatic heterocycles. The summed E-state index contributed by atoms with van der Waals surface area (Å²) in [6, 6.07) is 24.5. The van der Waals surface area contributed by atoms with E-state index in [1.807, 2.05) is 60.7 Å². The maximum absolute atomic E-state index is 12.7. The highest BCUT2D eigenvalue weighted by Crippen LogP contribution is 2.24. The van der Waals surface area contributed by atoms with Crippen LogP contribution in [0, 0.1) is 0 Å². The first kappa shape index (κ1) is 16.5. The first-order valence-electron chi connectivity index (χ1n) is 7.24. The molecule has 0 saturated heterocycles. The second kappa shape index (κ2) is 7.05. The number of nitrogens with one attached hydrogen (secondary N) is 1. The van der Waals surface area contributed by atoms with Gasteiger partial charge in [0.15, 0.2) is 0 Å². The minimum Gasteiger partial charge on any atom is -0.263 e. The molecule has 1 N–H and O–H groups in total. The van der Waals surface area contributed by atoms with Crippen molar-refractivity contribution in [2.75, 3.05) is 5.01 Å². The third-order valence-electron chi connectivity index (χ3n) is 3.36. The molecular weight excluding hydrogens is 344 g/mol. The van der Waals surface area contributed by atoms with E-state index in [4.69, 9.17) is 11.6 Å². The van der Waals surface area contributed by atoms with E-state index in [1.54, 1.807) is 12.1 Å². The summed E-state index contributed by atoms with van der Waals surface area (Å²) in [4.78, 5) is 2.77. The zero-order chi connectivity index (χ0) is 17.0. The fraction of sp³-hybridized carbons (Fsp3) is 0. The molecule has 0 atom stereocenters. The predicted octanol–water partition coefficient (Wildman–Crippen LogP) is 4.37. The van der Waals surface area contributed by atoms with Gasteiger partial charge in [-0.1, -0.05) is 48.0 Å². The highest BCUT2D eigenvalue weighted by molar-refractivity contribution is 7.89. The van der Waals surface area contributed by atoms with Gasteiger partial charge in [0.25, 0.3) is 10.0 Å². The van der Waals surface area contributed by atoms with Gasteiger partial charge in [0.1, 0.15) is 0 Å². The summed E-state index contributed by atoms with van der Waals surface area (Å²) in [6.45, 7) is 0. The van der Waals surface area contributed by atoms with Gasteiger partial charge in [-0.15, -0.1) is 4.83 Å². The highest BCUT2D eigenvalue weighted by Gasteiger charge is 2.20. The number of hydrazine groups is 1. The largest absolute Gasteiger partial charge is 0.263 e. The monoisotopic (exact) mass is 358 g/mol. The van der Waals surface area contributed by atoms with Gasteiger partial charge < -0.3 is 0 Å². The Morgan fingerprint density at radius 3 is 1.62 bits per heavy atom. The summed E-state index contributed by atoms with van der Waals surface area (Å²) < 4.78 is 25.4.